The number of para-hydroxylation sites is 2. The minimum atomic E-state index is -0.422. The number of benzene rings is 3. The van der Waals surface area contributed by atoms with E-state index in [1.165, 1.54) is 20.4 Å². The summed E-state index contributed by atoms with van der Waals surface area (Å²) in [7, 11) is 3.01. The van der Waals surface area contributed by atoms with Crippen LogP contribution in [0.4, 0.5) is 5.69 Å². The van der Waals surface area contributed by atoms with Gasteiger partial charge in [0.2, 0.25) is 0 Å². The van der Waals surface area contributed by atoms with Crippen LogP contribution in [0.15, 0.2) is 74.7 Å². The highest BCUT2D eigenvalue weighted by atomic mass is 79.9. The molecule has 0 aliphatic heterocycles. The summed E-state index contributed by atoms with van der Waals surface area (Å²) in [6, 6.07) is 17.5. The predicted octanol–water partition coefficient (Wildman–Crippen LogP) is 4.78. The Kier molecular flexibility index (Phi) is 10.1. The van der Waals surface area contributed by atoms with E-state index < -0.39 is 5.91 Å². The first kappa shape index (κ1) is 27.0. The lowest BCUT2D eigenvalue weighted by molar-refractivity contribution is -0.123. The Morgan fingerprint density at radius 3 is 2.28 bits per heavy atom. The maximum absolute atomic E-state index is 12.3. The number of ether oxygens (including phenoxy) is 4. The number of anilines is 1. The molecule has 0 bridgehead atoms. The second-order valence-corrected chi connectivity index (χ2v) is 8.87. The molecule has 2 N–H and O–H groups in total. The molecule has 0 aliphatic rings. The molecule has 0 radical (unpaired) electrons. The molecule has 11 heteroatoms. The van der Waals surface area contributed by atoms with Crippen molar-refractivity contribution < 1.29 is 28.5 Å². The van der Waals surface area contributed by atoms with Crippen molar-refractivity contribution in [3.63, 3.8) is 0 Å². The number of carbonyl (C=O) groups is 2. The number of halogens is 2. The van der Waals surface area contributed by atoms with Crippen LogP contribution in [0.1, 0.15) is 5.56 Å². The number of hydrogen-bond acceptors (Lipinski definition) is 7. The lowest BCUT2D eigenvalue weighted by Gasteiger charge is -2.12. The Morgan fingerprint density at radius 1 is 0.833 bits per heavy atom. The van der Waals surface area contributed by atoms with Crippen molar-refractivity contribution in [1.82, 2.24) is 5.43 Å². The van der Waals surface area contributed by atoms with E-state index in [2.05, 4.69) is 47.7 Å². The molecule has 3 rings (SSSR count). The molecule has 0 spiro atoms. The fourth-order valence-electron chi connectivity index (χ4n) is 2.91. The maximum Gasteiger partial charge on any atom is 0.277 e. The number of nitrogens with zero attached hydrogens (tertiary/aromatic N) is 1. The van der Waals surface area contributed by atoms with Crippen molar-refractivity contribution in [2.24, 2.45) is 5.10 Å². The van der Waals surface area contributed by atoms with E-state index in [1.807, 2.05) is 18.2 Å². The van der Waals surface area contributed by atoms with Crippen molar-refractivity contribution in [1.29, 1.82) is 0 Å². The van der Waals surface area contributed by atoms with Gasteiger partial charge >= 0.3 is 0 Å². The Hall–Kier alpha value is -3.57. The summed E-state index contributed by atoms with van der Waals surface area (Å²) >= 11 is 6.73. The molecule has 188 valence electrons. The molecular formula is C25H23Br2N3O6. The summed E-state index contributed by atoms with van der Waals surface area (Å²) in [6.07, 6.45) is 1.45. The molecule has 0 unspecified atom stereocenters. The Labute approximate surface area is 225 Å². The average Bonchev–Trinajstić information content (AvgIpc) is 2.87. The molecular weight excluding hydrogens is 598 g/mol. The van der Waals surface area contributed by atoms with E-state index in [0.29, 0.717) is 34.2 Å². The minimum Gasteiger partial charge on any atom is -0.495 e. The van der Waals surface area contributed by atoms with E-state index >= 15 is 0 Å². The van der Waals surface area contributed by atoms with Crippen LogP contribution in [-0.4, -0.2) is 45.5 Å². The van der Waals surface area contributed by atoms with E-state index in [1.54, 1.807) is 42.5 Å². The van der Waals surface area contributed by atoms with Crippen molar-refractivity contribution in [3.05, 3.63) is 75.2 Å². The summed E-state index contributed by atoms with van der Waals surface area (Å²) in [5.74, 6) is 1.09. The number of hydrogen-bond donors (Lipinski definition) is 2. The Morgan fingerprint density at radius 2 is 1.53 bits per heavy atom. The van der Waals surface area contributed by atoms with E-state index in [4.69, 9.17) is 18.9 Å². The fraction of sp³-hybridized carbons (Fsp3) is 0.160. The van der Waals surface area contributed by atoms with Crippen molar-refractivity contribution >= 4 is 55.6 Å². The first-order chi connectivity index (χ1) is 17.4. The largest absolute Gasteiger partial charge is 0.495 e. The standard InChI is InChI=1S/C25H23Br2N3O6/c1-33-21-6-4-3-5-19(21)29-24(31)14-36-22-9-7-16(11-23(22)34-2)13-28-30-25(32)15-35-20-10-8-17(26)12-18(20)27/h3-13H,14-15H2,1-2H3,(H,29,31)(H,30,32)/b28-13+. The van der Waals surface area contributed by atoms with Gasteiger partial charge in [0.1, 0.15) is 11.5 Å². The third-order valence-corrected chi connectivity index (χ3v) is 5.70. The predicted molar refractivity (Wildman–Crippen MR) is 143 cm³/mol. The van der Waals surface area contributed by atoms with Crippen LogP contribution in [0.2, 0.25) is 0 Å². The smallest absolute Gasteiger partial charge is 0.277 e. The van der Waals surface area contributed by atoms with Crippen LogP contribution in [0.25, 0.3) is 0 Å². The molecule has 0 heterocycles. The van der Waals surface area contributed by atoms with Gasteiger partial charge in [-0.3, -0.25) is 9.59 Å². The fourth-order valence-corrected chi connectivity index (χ4v) is 4.07. The molecule has 0 atom stereocenters. The van der Waals surface area contributed by atoms with Gasteiger partial charge in [-0.1, -0.05) is 28.1 Å². The van der Waals surface area contributed by atoms with E-state index in [-0.39, 0.29) is 19.1 Å². The summed E-state index contributed by atoms with van der Waals surface area (Å²) < 4.78 is 23.3. The molecule has 0 saturated carbocycles. The molecule has 3 aromatic rings. The molecule has 9 nitrogen and oxygen atoms in total. The lowest BCUT2D eigenvalue weighted by atomic mass is 10.2. The minimum absolute atomic E-state index is 0.204. The SMILES string of the molecule is COc1ccccc1NC(=O)COc1ccc(/C=N/NC(=O)COc2ccc(Br)cc2Br)cc1OC. The van der Waals surface area contributed by atoms with Gasteiger partial charge in [0.25, 0.3) is 11.8 Å². The number of methoxy groups -OCH3 is 2. The van der Waals surface area contributed by atoms with Gasteiger partial charge in [-0.2, -0.15) is 5.10 Å². The zero-order valence-electron chi connectivity index (χ0n) is 19.4. The number of hydrazone groups is 1. The van der Waals surface area contributed by atoms with Gasteiger partial charge in [0.05, 0.1) is 30.6 Å². The summed E-state index contributed by atoms with van der Waals surface area (Å²) in [5.41, 5.74) is 3.60. The highest BCUT2D eigenvalue weighted by Gasteiger charge is 2.11. The highest BCUT2D eigenvalue weighted by molar-refractivity contribution is 9.11. The quantitative estimate of drug-likeness (QED) is 0.236. The molecule has 3 aromatic carbocycles. The zero-order valence-corrected chi connectivity index (χ0v) is 22.6. The maximum atomic E-state index is 12.3. The summed E-state index contributed by atoms with van der Waals surface area (Å²) in [5, 5.41) is 6.68. The molecule has 36 heavy (non-hydrogen) atoms. The van der Waals surface area contributed by atoms with Crippen LogP contribution in [0.3, 0.4) is 0 Å². The Balaban J connectivity index is 1.50. The highest BCUT2D eigenvalue weighted by Crippen LogP contribution is 2.29. The van der Waals surface area contributed by atoms with Crippen molar-refractivity contribution in [3.8, 4) is 23.0 Å². The van der Waals surface area contributed by atoms with Gasteiger partial charge in [-0.15, -0.1) is 0 Å². The van der Waals surface area contributed by atoms with E-state index in [0.717, 1.165) is 8.95 Å². The monoisotopic (exact) mass is 619 g/mol. The normalized spacial score (nSPS) is 10.6. The molecule has 0 aromatic heterocycles. The molecule has 0 aliphatic carbocycles. The summed E-state index contributed by atoms with van der Waals surface area (Å²) in [6.45, 7) is -0.434. The number of rotatable bonds is 11. The first-order valence-corrected chi connectivity index (χ1v) is 12.1. The third-order valence-electron chi connectivity index (χ3n) is 4.58. The van der Waals surface area contributed by atoms with Crippen LogP contribution in [0.5, 0.6) is 23.0 Å². The second kappa shape index (κ2) is 13.5. The number of carbonyl (C=O) groups excluding carboxylic acids is 2. The van der Waals surface area contributed by atoms with E-state index in [9.17, 15) is 9.59 Å². The van der Waals surface area contributed by atoms with Gasteiger partial charge in [-0.05, 0) is 70.0 Å². The first-order valence-electron chi connectivity index (χ1n) is 10.5. The van der Waals surface area contributed by atoms with Crippen LogP contribution in [-0.2, 0) is 9.59 Å². The van der Waals surface area contributed by atoms with Crippen LogP contribution in [0, 0.1) is 0 Å². The lowest BCUT2D eigenvalue weighted by Crippen LogP contribution is -2.24. The number of amides is 2. The van der Waals surface area contributed by atoms with Gasteiger partial charge < -0.3 is 24.3 Å². The van der Waals surface area contributed by atoms with Crippen molar-refractivity contribution in [2.75, 3.05) is 32.8 Å². The number of nitrogens with one attached hydrogen (secondary N) is 2. The Bertz CT molecular complexity index is 1250. The summed E-state index contributed by atoms with van der Waals surface area (Å²) in [4.78, 5) is 24.3. The van der Waals surface area contributed by atoms with Crippen LogP contribution < -0.4 is 29.7 Å². The average molecular weight is 621 g/mol. The third kappa shape index (κ3) is 7.99. The van der Waals surface area contributed by atoms with Gasteiger partial charge in [0.15, 0.2) is 24.7 Å². The molecule has 0 saturated heterocycles. The zero-order chi connectivity index (χ0) is 25.9. The molecule has 0 fully saturated rings. The van der Waals surface area contributed by atoms with Gasteiger partial charge in [-0.25, -0.2) is 5.43 Å². The molecule has 2 amide bonds. The second-order valence-electron chi connectivity index (χ2n) is 7.10. The topological polar surface area (TPSA) is 107 Å². The van der Waals surface area contributed by atoms with Gasteiger partial charge in [0, 0.05) is 4.47 Å². The van der Waals surface area contributed by atoms with Crippen LogP contribution >= 0.6 is 31.9 Å². The van der Waals surface area contributed by atoms with Crippen molar-refractivity contribution in [2.45, 2.75) is 0 Å².